The normalized spacial score (nSPS) is 12.8. The molecule has 0 saturated carbocycles. The summed E-state index contributed by atoms with van der Waals surface area (Å²) in [4.78, 5) is 4.41. The lowest BCUT2D eigenvalue weighted by molar-refractivity contribution is 0.187. The number of benzene rings is 2. The number of imidazole rings is 1. The van der Waals surface area contributed by atoms with Gasteiger partial charge in [0.15, 0.2) is 0 Å². The van der Waals surface area contributed by atoms with Crippen molar-refractivity contribution in [3.8, 4) is 5.69 Å². The SMILES string of the molecule is CC(O)c1nc2cc(N)ccc2n1-c1ccc(F)cc1. The fourth-order valence-electron chi connectivity index (χ4n) is 2.26. The average molecular weight is 271 g/mol. The maximum absolute atomic E-state index is 13.1. The first-order chi connectivity index (χ1) is 9.56. The highest BCUT2D eigenvalue weighted by Gasteiger charge is 2.16. The number of nitrogens with zero attached hydrogens (tertiary/aromatic N) is 2. The summed E-state index contributed by atoms with van der Waals surface area (Å²) in [6, 6.07) is 11.4. The molecule has 0 aliphatic rings. The second kappa shape index (κ2) is 4.61. The van der Waals surface area contributed by atoms with Crippen molar-refractivity contribution in [3.63, 3.8) is 0 Å². The number of halogens is 1. The standard InChI is InChI=1S/C15H14FN3O/c1-9(20)15-18-13-8-11(17)4-7-14(13)19(15)12-5-2-10(16)3-6-12/h2-9,20H,17H2,1H3. The minimum absolute atomic E-state index is 0.305. The van der Waals surface area contributed by atoms with Gasteiger partial charge in [-0.25, -0.2) is 9.37 Å². The molecule has 4 nitrogen and oxygen atoms in total. The third-order valence-electron chi connectivity index (χ3n) is 3.16. The highest BCUT2D eigenvalue weighted by atomic mass is 19.1. The second-order valence-corrected chi connectivity index (χ2v) is 4.71. The predicted molar refractivity (Wildman–Crippen MR) is 76.1 cm³/mol. The molecule has 0 spiro atoms. The van der Waals surface area contributed by atoms with Gasteiger partial charge in [-0.2, -0.15) is 0 Å². The summed E-state index contributed by atoms with van der Waals surface area (Å²) >= 11 is 0. The third-order valence-corrected chi connectivity index (χ3v) is 3.16. The lowest BCUT2D eigenvalue weighted by atomic mass is 10.2. The first-order valence-corrected chi connectivity index (χ1v) is 6.28. The molecule has 3 rings (SSSR count). The first-order valence-electron chi connectivity index (χ1n) is 6.28. The quantitative estimate of drug-likeness (QED) is 0.704. The fourth-order valence-corrected chi connectivity index (χ4v) is 2.26. The number of hydrogen-bond acceptors (Lipinski definition) is 3. The van der Waals surface area contributed by atoms with E-state index >= 15 is 0 Å². The van der Waals surface area contributed by atoms with Crippen LogP contribution in [0.5, 0.6) is 0 Å². The van der Waals surface area contributed by atoms with E-state index in [4.69, 9.17) is 5.73 Å². The van der Waals surface area contributed by atoms with Gasteiger partial charge in [-0.05, 0) is 49.4 Å². The van der Waals surface area contributed by atoms with Gasteiger partial charge < -0.3 is 10.8 Å². The molecule has 0 saturated heterocycles. The van der Waals surface area contributed by atoms with Crippen LogP contribution in [-0.4, -0.2) is 14.7 Å². The molecule has 0 aliphatic carbocycles. The Balaban J connectivity index is 2.31. The Labute approximate surface area is 115 Å². The van der Waals surface area contributed by atoms with E-state index in [9.17, 15) is 9.50 Å². The molecule has 2 aromatic carbocycles. The van der Waals surface area contributed by atoms with Crippen molar-refractivity contribution < 1.29 is 9.50 Å². The molecule has 3 aromatic rings. The molecule has 0 bridgehead atoms. The van der Waals surface area contributed by atoms with Crippen LogP contribution in [-0.2, 0) is 0 Å². The average Bonchev–Trinajstić information content (AvgIpc) is 2.78. The van der Waals surface area contributed by atoms with Crippen LogP contribution < -0.4 is 5.73 Å². The van der Waals surface area contributed by atoms with Crippen molar-refractivity contribution in [2.24, 2.45) is 0 Å². The molecule has 5 heteroatoms. The van der Waals surface area contributed by atoms with Gasteiger partial charge in [-0.15, -0.1) is 0 Å². The van der Waals surface area contributed by atoms with Gasteiger partial charge in [-0.1, -0.05) is 0 Å². The van der Waals surface area contributed by atoms with E-state index in [1.54, 1.807) is 35.8 Å². The van der Waals surface area contributed by atoms with Gasteiger partial charge in [0.25, 0.3) is 0 Å². The van der Waals surface area contributed by atoms with Crippen LogP contribution >= 0.6 is 0 Å². The molecule has 0 aliphatic heterocycles. The van der Waals surface area contributed by atoms with Crippen LogP contribution in [0.1, 0.15) is 18.9 Å². The molecule has 0 radical (unpaired) electrons. The van der Waals surface area contributed by atoms with E-state index in [1.807, 2.05) is 6.07 Å². The summed E-state index contributed by atoms with van der Waals surface area (Å²) in [6.07, 6.45) is -0.742. The Bertz CT molecular complexity index is 763. The minimum Gasteiger partial charge on any atom is -0.399 e. The van der Waals surface area contributed by atoms with Crippen molar-refractivity contribution in [2.75, 3.05) is 5.73 Å². The van der Waals surface area contributed by atoms with Gasteiger partial charge in [-0.3, -0.25) is 4.57 Å². The monoisotopic (exact) mass is 271 g/mol. The number of anilines is 1. The fraction of sp³-hybridized carbons (Fsp3) is 0.133. The molecule has 1 aromatic heterocycles. The van der Waals surface area contributed by atoms with E-state index < -0.39 is 6.10 Å². The van der Waals surface area contributed by atoms with E-state index in [1.165, 1.54) is 12.1 Å². The molecule has 0 amide bonds. The van der Waals surface area contributed by atoms with Crippen LogP contribution in [0.25, 0.3) is 16.7 Å². The van der Waals surface area contributed by atoms with Crippen molar-refractivity contribution in [3.05, 3.63) is 54.1 Å². The second-order valence-electron chi connectivity index (χ2n) is 4.71. The Morgan fingerprint density at radius 3 is 2.55 bits per heavy atom. The Kier molecular flexibility index (Phi) is 2.91. The van der Waals surface area contributed by atoms with Crippen LogP contribution in [0, 0.1) is 5.82 Å². The van der Waals surface area contributed by atoms with Gasteiger partial charge >= 0.3 is 0 Å². The molecule has 1 heterocycles. The number of aliphatic hydroxyl groups excluding tert-OH is 1. The number of fused-ring (bicyclic) bond motifs is 1. The molecule has 0 fully saturated rings. The Morgan fingerprint density at radius 1 is 1.20 bits per heavy atom. The number of aromatic nitrogens is 2. The van der Waals surface area contributed by atoms with Gasteiger partial charge in [0.1, 0.15) is 17.7 Å². The number of nitrogens with two attached hydrogens (primary N) is 1. The van der Waals surface area contributed by atoms with E-state index in [0.717, 1.165) is 11.2 Å². The largest absolute Gasteiger partial charge is 0.399 e. The summed E-state index contributed by atoms with van der Waals surface area (Å²) in [7, 11) is 0. The molecular formula is C15H14FN3O. The zero-order valence-electron chi connectivity index (χ0n) is 10.9. The van der Waals surface area contributed by atoms with Gasteiger partial charge in [0.05, 0.1) is 11.0 Å². The molecule has 1 atom stereocenters. The number of nitrogen functional groups attached to an aromatic ring is 1. The lowest BCUT2D eigenvalue weighted by Gasteiger charge is -2.11. The third kappa shape index (κ3) is 2.02. The smallest absolute Gasteiger partial charge is 0.143 e. The number of aliphatic hydroxyl groups is 1. The lowest BCUT2D eigenvalue weighted by Crippen LogP contribution is -2.04. The van der Waals surface area contributed by atoms with Gasteiger partial charge in [0, 0.05) is 11.4 Å². The van der Waals surface area contributed by atoms with Crippen molar-refractivity contribution in [1.29, 1.82) is 0 Å². The molecule has 20 heavy (non-hydrogen) atoms. The zero-order valence-corrected chi connectivity index (χ0v) is 10.9. The summed E-state index contributed by atoms with van der Waals surface area (Å²) in [5, 5.41) is 9.90. The molecule has 102 valence electrons. The van der Waals surface area contributed by atoms with Crippen molar-refractivity contribution >= 4 is 16.7 Å². The van der Waals surface area contributed by atoms with E-state index in [2.05, 4.69) is 4.98 Å². The minimum atomic E-state index is -0.742. The van der Waals surface area contributed by atoms with Crippen LogP contribution in [0.15, 0.2) is 42.5 Å². The highest BCUT2D eigenvalue weighted by molar-refractivity contribution is 5.81. The topological polar surface area (TPSA) is 64.1 Å². The maximum atomic E-state index is 13.1. The number of hydrogen-bond donors (Lipinski definition) is 2. The number of rotatable bonds is 2. The van der Waals surface area contributed by atoms with Crippen molar-refractivity contribution in [2.45, 2.75) is 13.0 Å². The van der Waals surface area contributed by atoms with E-state index in [-0.39, 0.29) is 5.82 Å². The molecule has 3 N–H and O–H groups in total. The molecule has 1 unspecified atom stereocenters. The van der Waals surface area contributed by atoms with E-state index in [0.29, 0.717) is 17.0 Å². The van der Waals surface area contributed by atoms with Crippen LogP contribution in [0.2, 0.25) is 0 Å². The Hall–Kier alpha value is -2.40. The Morgan fingerprint density at radius 2 is 1.90 bits per heavy atom. The summed E-state index contributed by atoms with van der Waals surface area (Å²) < 4.78 is 14.9. The summed E-state index contributed by atoms with van der Waals surface area (Å²) in [5.41, 5.74) is 8.63. The van der Waals surface area contributed by atoms with Gasteiger partial charge in [0.2, 0.25) is 0 Å². The molecular weight excluding hydrogens is 257 g/mol. The summed E-state index contributed by atoms with van der Waals surface area (Å²) in [5.74, 6) is 0.193. The highest BCUT2D eigenvalue weighted by Crippen LogP contribution is 2.26. The van der Waals surface area contributed by atoms with Crippen LogP contribution in [0.4, 0.5) is 10.1 Å². The zero-order chi connectivity index (χ0) is 14.3. The van der Waals surface area contributed by atoms with Crippen LogP contribution in [0.3, 0.4) is 0 Å². The maximum Gasteiger partial charge on any atom is 0.143 e. The van der Waals surface area contributed by atoms with Crippen molar-refractivity contribution in [1.82, 2.24) is 9.55 Å². The predicted octanol–water partition coefficient (Wildman–Crippen LogP) is 2.80. The first kappa shape index (κ1) is 12.6. The summed E-state index contributed by atoms with van der Waals surface area (Å²) in [6.45, 7) is 1.64.